The first-order chi connectivity index (χ1) is 26.3. The van der Waals surface area contributed by atoms with Gasteiger partial charge >= 0.3 is 0 Å². The van der Waals surface area contributed by atoms with Crippen LogP contribution in [0.15, 0.2) is 199 Å². The highest BCUT2D eigenvalue weighted by atomic mass is 32.1. The van der Waals surface area contributed by atoms with Crippen LogP contribution in [0.1, 0.15) is 0 Å². The Kier molecular flexibility index (Phi) is 7.67. The number of benzene rings is 8. The molecule has 0 saturated carbocycles. The Bertz CT molecular complexity index is 2840. The fourth-order valence-corrected chi connectivity index (χ4v) is 8.30. The maximum Gasteiger partial charge on any atom is 0.139 e. The van der Waals surface area contributed by atoms with Crippen molar-refractivity contribution in [1.29, 1.82) is 0 Å². The monoisotopic (exact) mass is 696 g/mol. The molecule has 8 aromatic carbocycles. The average molecular weight is 697 g/mol. The number of rotatable bonds is 7. The topological polar surface area (TPSA) is 29.3 Å². The first-order valence-electron chi connectivity index (χ1n) is 17.8. The van der Waals surface area contributed by atoms with E-state index in [0.29, 0.717) is 0 Å². The fourth-order valence-electron chi connectivity index (χ4n) is 7.30. The van der Waals surface area contributed by atoms with Gasteiger partial charge in [0.1, 0.15) is 21.7 Å². The van der Waals surface area contributed by atoms with Crippen LogP contribution in [0.3, 0.4) is 0 Å². The van der Waals surface area contributed by atoms with E-state index in [1.54, 1.807) is 11.3 Å². The van der Waals surface area contributed by atoms with Crippen molar-refractivity contribution in [1.82, 2.24) is 4.98 Å². The minimum atomic E-state index is 0.845. The molecule has 0 spiro atoms. The van der Waals surface area contributed by atoms with Gasteiger partial charge in [-0.25, -0.2) is 4.98 Å². The van der Waals surface area contributed by atoms with Crippen LogP contribution in [0, 0.1) is 0 Å². The summed E-state index contributed by atoms with van der Waals surface area (Å²) in [4.78, 5) is 7.75. The maximum atomic E-state index is 6.59. The molecule has 2 heterocycles. The SMILES string of the molecule is c1ccc(-c2ccc(-c3ccc(N(c4ccc(-c5ccccc5)cc4)c4c5nc(-c6ccccc6)sc5cc5oc6ccccc6c45)cc3)cc2)cc1. The Morgan fingerprint density at radius 1 is 0.415 bits per heavy atom. The van der Waals surface area contributed by atoms with Gasteiger partial charge in [0.05, 0.1) is 15.8 Å². The van der Waals surface area contributed by atoms with Gasteiger partial charge in [0.2, 0.25) is 0 Å². The van der Waals surface area contributed by atoms with Crippen LogP contribution < -0.4 is 4.90 Å². The van der Waals surface area contributed by atoms with Crippen molar-refractivity contribution >= 4 is 60.6 Å². The highest BCUT2D eigenvalue weighted by Crippen LogP contribution is 2.49. The van der Waals surface area contributed by atoms with E-state index in [1.165, 1.54) is 27.8 Å². The zero-order valence-corrected chi connectivity index (χ0v) is 29.5. The molecule has 0 radical (unpaired) electrons. The van der Waals surface area contributed by atoms with Crippen molar-refractivity contribution in [3.8, 4) is 44.0 Å². The van der Waals surface area contributed by atoms with Crippen molar-refractivity contribution in [3.63, 3.8) is 0 Å². The first kappa shape index (κ1) is 31.0. The number of anilines is 3. The molecule has 10 aromatic rings. The van der Waals surface area contributed by atoms with Gasteiger partial charge in [-0.3, -0.25) is 0 Å². The van der Waals surface area contributed by atoms with Gasteiger partial charge < -0.3 is 9.32 Å². The van der Waals surface area contributed by atoms with Crippen LogP contribution in [0.4, 0.5) is 17.1 Å². The molecule has 53 heavy (non-hydrogen) atoms. The first-order valence-corrected chi connectivity index (χ1v) is 18.6. The van der Waals surface area contributed by atoms with Crippen molar-refractivity contribution in [2.75, 3.05) is 4.90 Å². The van der Waals surface area contributed by atoms with Gasteiger partial charge in [-0.15, -0.1) is 11.3 Å². The number of hydrogen-bond donors (Lipinski definition) is 0. The van der Waals surface area contributed by atoms with Crippen molar-refractivity contribution in [2.45, 2.75) is 0 Å². The number of furan rings is 1. The fraction of sp³-hybridized carbons (Fsp3) is 0. The molecule has 0 aliphatic heterocycles. The smallest absolute Gasteiger partial charge is 0.139 e. The molecule has 4 heteroatoms. The standard InChI is InChI=1S/C49H32N2OS/c1-4-12-33(13-5-1)35-20-22-36(23-21-35)38-26-30-41(31-27-38)51(40-28-24-37(25-29-40)34-14-6-2-7-15-34)48-46-42-18-10-11-19-43(42)52-44(46)32-45-47(48)50-49(53-45)39-16-8-3-9-17-39/h1-32H. The van der Waals surface area contributed by atoms with E-state index in [1.807, 2.05) is 18.2 Å². The summed E-state index contributed by atoms with van der Waals surface area (Å²) < 4.78 is 7.66. The lowest BCUT2D eigenvalue weighted by Crippen LogP contribution is -2.11. The van der Waals surface area contributed by atoms with Crippen LogP contribution in [0.2, 0.25) is 0 Å². The third-order valence-corrected chi connectivity index (χ3v) is 11.0. The van der Waals surface area contributed by atoms with E-state index < -0.39 is 0 Å². The second kappa shape index (κ2) is 13.1. The summed E-state index contributed by atoms with van der Waals surface area (Å²) >= 11 is 1.70. The lowest BCUT2D eigenvalue weighted by molar-refractivity contribution is 0.669. The van der Waals surface area contributed by atoms with Crippen LogP contribution in [0.25, 0.3) is 76.1 Å². The summed E-state index contributed by atoms with van der Waals surface area (Å²) in [6, 6.07) is 68.5. The quantitative estimate of drug-likeness (QED) is 0.166. The Hall–Kier alpha value is -6.75. The predicted molar refractivity (Wildman–Crippen MR) is 223 cm³/mol. The molecule has 0 amide bonds. The van der Waals surface area contributed by atoms with Crippen molar-refractivity contribution in [2.24, 2.45) is 0 Å². The van der Waals surface area contributed by atoms with Crippen molar-refractivity contribution < 1.29 is 4.42 Å². The van der Waals surface area contributed by atoms with Crippen LogP contribution in [0.5, 0.6) is 0 Å². The number of thiazole rings is 1. The minimum Gasteiger partial charge on any atom is -0.456 e. The Morgan fingerprint density at radius 3 is 1.38 bits per heavy atom. The van der Waals surface area contributed by atoms with Gasteiger partial charge in [-0.2, -0.15) is 0 Å². The minimum absolute atomic E-state index is 0.845. The predicted octanol–water partition coefficient (Wildman–Crippen LogP) is 14.3. The number of para-hydroxylation sites is 1. The third kappa shape index (κ3) is 5.66. The van der Waals surface area contributed by atoms with E-state index in [9.17, 15) is 0 Å². The zero-order chi connectivity index (χ0) is 35.1. The van der Waals surface area contributed by atoms with Gasteiger partial charge in [-0.05, 0) is 63.7 Å². The summed E-state index contributed by atoms with van der Waals surface area (Å²) in [5.74, 6) is 0. The highest BCUT2D eigenvalue weighted by molar-refractivity contribution is 7.21. The van der Waals surface area contributed by atoms with Gasteiger partial charge in [0.15, 0.2) is 0 Å². The second-order valence-corrected chi connectivity index (χ2v) is 14.2. The molecular weight excluding hydrogens is 665 g/mol. The summed E-state index contributed by atoms with van der Waals surface area (Å²) in [6.07, 6.45) is 0. The number of fused-ring (bicyclic) bond motifs is 4. The molecule has 3 nitrogen and oxygen atoms in total. The Labute approximate surface area is 311 Å². The third-order valence-electron chi connectivity index (χ3n) is 9.93. The molecule has 250 valence electrons. The summed E-state index contributed by atoms with van der Waals surface area (Å²) in [5, 5.41) is 3.09. The summed E-state index contributed by atoms with van der Waals surface area (Å²) in [6.45, 7) is 0. The zero-order valence-electron chi connectivity index (χ0n) is 28.7. The molecule has 0 aliphatic carbocycles. The number of aromatic nitrogens is 1. The van der Waals surface area contributed by atoms with E-state index in [-0.39, 0.29) is 0 Å². The van der Waals surface area contributed by atoms with Crippen LogP contribution >= 0.6 is 11.3 Å². The highest BCUT2D eigenvalue weighted by Gasteiger charge is 2.25. The van der Waals surface area contributed by atoms with Gasteiger partial charge in [-0.1, -0.05) is 158 Å². The van der Waals surface area contributed by atoms with Crippen LogP contribution in [-0.4, -0.2) is 4.98 Å². The summed E-state index contributed by atoms with van der Waals surface area (Å²) in [5.41, 5.74) is 13.9. The van der Waals surface area contributed by atoms with E-state index >= 15 is 0 Å². The Balaban J connectivity index is 1.17. The largest absolute Gasteiger partial charge is 0.456 e. The average Bonchev–Trinajstić information content (AvgIpc) is 3.84. The van der Waals surface area contributed by atoms with Crippen LogP contribution in [-0.2, 0) is 0 Å². The molecule has 2 aromatic heterocycles. The van der Waals surface area contributed by atoms with Gasteiger partial charge in [0.25, 0.3) is 0 Å². The summed E-state index contributed by atoms with van der Waals surface area (Å²) in [7, 11) is 0. The van der Waals surface area contributed by atoms with E-state index in [2.05, 4.69) is 181 Å². The molecule has 0 unspecified atom stereocenters. The molecule has 0 aliphatic rings. The van der Waals surface area contributed by atoms with E-state index in [0.717, 1.165) is 65.4 Å². The second-order valence-electron chi connectivity index (χ2n) is 13.2. The number of nitrogens with zero attached hydrogens (tertiary/aromatic N) is 2. The molecule has 0 N–H and O–H groups in total. The van der Waals surface area contributed by atoms with Gasteiger partial charge in [0, 0.05) is 28.4 Å². The molecule has 0 saturated heterocycles. The van der Waals surface area contributed by atoms with Crippen molar-refractivity contribution in [3.05, 3.63) is 194 Å². The molecular formula is C49H32N2OS. The molecule has 0 bridgehead atoms. The lowest BCUT2D eigenvalue weighted by atomic mass is 9.99. The normalized spacial score (nSPS) is 11.4. The number of hydrogen-bond acceptors (Lipinski definition) is 4. The molecule has 10 rings (SSSR count). The molecule has 0 atom stereocenters. The lowest BCUT2D eigenvalue weighted by Gasteiger charge is -2.27. The maximum absolute atomic E-state index is 6.59. The van der Waals surface area contributed by atoms with E-state index in [4.69, 9.17) is 9.40 Å². The Morgan fingerprint density at radius 2 is 0.849 bits per heavy atom. The molecule has 0 fully saturated rings.